The van der Waals surface area contributed by atoms with Gasteiger partial charge in [0.2, 0.25) is 0 Å². The molecule has 2 rings (SSSR count). The molecule has 0 aliphatic heterocycles. The average molecular weight is 398 g/mol. The van der Waals surface area contributed by atoms with Crippen molar-refractivity contribution in [3.8, 4) is 11.1 Å². The third-order valence-corrected chi connectivity index (χ3v) is 4.60. The van der Waals surface area contributed by atoms with Crippen LogP contribution < -0.4 is 5.32 Å². The standard InChI is InChI=1S/C24H31NO4/c1-23(2,3)29-22(28)25-20(16-24(4,5)21(26)27)15-17-11-13-19(14-12-17)18-9-7-6-8-10-18/h6-14,20H,15-16H2,1-5H3,(H,25,28)(H,26,27)/t20-/m1/s1. The minimum absolute atomic E-state index is 0.294. The highest BCUT2D eigenvalue weighted by Crippen LogP contribution is 2.26. The van der Waals surface area contributed by atoms with Crippen LogP contribution in [0.3, 0.4) is 0 Å². The number of ether oxygens (including phenoxy) is 1. The van der Waals surface area contributed by atoms with Crippen molar-refractivity contribution in [3.63, 3.8) is 0 Å². The van der Waals surface area contributed by atoms with Crippen LogP contribution in [-0.2, 0) is 16.0 Å². The Morgan fingerprint density at radius 1 is 0.931 bits per heavy atom. The molecule has 5 heteroatoms. The quantitative estimate of drug-likeness (QED) is 0.665. The van der Waals surface area contributed by atoms with E-state index in [0.29, 0.717) is 12.8 Å². The van der Waals surface area contributed by atoms with E-state index in [9.17, 15) is 14.7 Å². The van der Waals surface area contributed by atoms with Crippen molar-refractivity contribution in [1.29, 1.82) is 0 Å². The summed E-state index contributed by atoms with van der Waals surface area (Å²) in [5, 5.41) is 12.4. The second-order valence-corrected chi connectivity index (χ2v) is 9.00. The Kier molecular flexibility index (Phi) is 7.07. The highest BCUT2D eigenvalue weighted by atomic mass is 16.6. The number of carbonyl (C=O) groups excluding carboxylic acids is 1. The second-order valence-electron chi connectivity index (χ2n) is 9.00. The lowest BCUT2D eigenvalue weighted by atomic mass is 9.84. The van der Waals surface area contributed by atoms with Gasteiger partial charge in [0, 0.05) is 6.04 Å². The third-order valence-electron chi connectivity index (χ3n) is 4.60. The molecule has 5 nitrogen and oxygen atoms in total. The molecule has 0 radical (unpaired) electrons. The van der Waals surface area contributed by atoms with Crippen molar-refractivity contribution in [2.75, 3.05) is 0 Å². The largest absolute Gasteiger partial charge is 0.481 e. The Bertz CT molecular complexity index is 820. The predicted molar refractivity (Wildman–Crippen MR) is 115 cm³/mol. The van der Waals surface area contributed by atoms with Gasteiger partial charge in [0.1, 0.15) is 5.60 Å². The number of benzene rings is 2. The van der Waals surface area contributed by atoms with E-state index in [0.717, 1.165) is 16.7 Å². The molecule has 0 spiro atoms. The summed E-state index contributed by atoms with van der Waals surface area (Å²) in [5.41, 5.74) is 1.68. The highest BCUT2D eigenvalue weighted by molar-refractivity contribution is 5.74. The maximum atomic E-state index is 12.3. The fourth-order valence-corrected chi connectivity index (χ4v) is 3.10. The van der Waals surface area contributed by atoms with E-state index < -0.39 is 23.1 Å². The fraction of sp³-hybridized carbons (Fsp3) is 0.417. The summed E-state index contributed by atoms with van der Waals surface area (Å²) in [7, 11) is 0. The first-order chi connectivity index (χ1) is 13.5. The summed E-state index contributed by atoms with van der Waals surface area (Å²) < 4.78 is 5.36. The zero-order valence-electron chi connectivity index (χ0n) is 17.9. The number of aliphatic carboxylic acids is 1. The van der Waals surface area contributed by atoms with Crippen molar-refractivity contribution < 1.29 is 19.4 Å². The number of hydrogen-bond acceptors (Lipinski definition) is 3. The number of alkyl carbamates (subject to hydrolysis) is 1. The lowest BCUT2D eigenvalue weighted by Gasteiger charge is -2.28. The normalized spacial score (nSPS) is 12.9. The number of hydrogen-bond donors (Lipinski definition) is 2. The smallest absolute Gasteiger partial charge is 0.407 e. The Balaban J connectivity index is 2.15. The molecule has 2 N–H and O–H groups in total. The first-order valence-corrected chi connectivity index (χ1v) is 9.83. The van der Waals surface area contributed by atoms with Crippen molar-refractivity contribution in [1.82, 2.24) is 5.32 Å². The molecule has 0 aliphatic carbocycles. The van der Waals surface area contributed by atoms with Crippen molar-refractivity contribution in [2.24, 2.45) is 5.41 Å². The van der Waals surface area contributed by atoms with E-state index in [1.54, 1.807) is 34.6 Å². The highest BCUT2D eigenvalue weighted by Gasteiger charge is 2.32. The molecule has 156 valence electrons. The van der Waals surface area contributed by atoms with E-state index in [1.807, 2.05) is 42.5 Å². The molecule has 0 fully saturated rings. The number of amides is 1. The SMILES string of the molecule is CC(C)(C)OC(=O)N[C@H](Cc1ccc(-c2ccccc2)cc1)CC(C)(C)C(=O)O. The molecule has 2 aromatic carbocycles. The van der Waals surface area contributed by atoms with Gasteiger partial charge in [-0.15, -0.1) is 0 Å². The van der Waals surface area contributed by atoms with Crippen LogP contribution in [0.25, 0.3) is 11.1 Å². The zero-order valence-corrected chi connectivity index (χ0v) is 17.9. The van der Waals surface area contributed by atoms with Crippen LogP contribution in [0.1, 0.15) is 46.6 Å². The van der Waals surface area contributed by atoms with E-state index in [-0.39, 0.29) is 6.04 Å². The van der Waals surface area contributed by atoms with Crippen LogP contribution >= 0.6 is 0 Å². The summed E-state index contributed by atoms with van der Waals surface area (Å²) >= 11 is 0. The van der Waals surface area contributed by atoms with Crippen LogP contribution in [0.5, 0.6) is 0 Å². The number of carbonyl (C=O) groups is 2. The molecule has 0 aliphatic rings. The zero-order chi connectivity index (χ0) is 21.7. The first-order valence-electron chi connectivity index (χ1n) is 9.83. The Morgan fingerprint density at radius 2 is 1.48 bits per heavy atom. The molecule has 1 atom stereocenters. The van der Waals surface area contributed by atoms with Gasteiger partial charge in [-0.1, -0.05) is 54.6 Å². The summed E-state index contributed by atoms with van der Waals surface area (Å²) in [4.78, 5) is 23.9. The van der Waals surface area contributed by atoms with Gasteiger partial charge in [0.05, 0.1) is 5.41 Å². The van der Waals surface area contributed by atoms with Gasteiger partial charge < -0.3 is 15.2 Å². The Hall–Kier alpha value is -2.82. The van der Waals surface area contributed by atoms with E-state index >= 15 is 0 Å². The minimum Gasteiger partial charge on any atom is -0.481 e. The monoisotopic (exact) mass is 397 g/mol. The van der Waals surface area contributed by atoms with Gasteiger partial charge >= 0.3 is 12.1 Å². The molecule has 0 heterocycles. The summed E-state index contributed by atoms with van der Waals surface area (Å²) in [6.07, 6.45) is 0.275. The molecule has 1 amide bonds. The van der Waals surface area contributed by atoms with Crippen LogP contribution in [-0.4, -0.2) is 28.8 Å². The van der Waals surface area contributed by atoms with E-state index in [2.05, 4.69) is 17.4 Å². The lowest BCUT2D eigenvalue weighted by Crippen LogP contribution is -2.43. The van der Waals surface area contributed by atoms with Crippen LogP contribution in [0, 0.1) is 5.41 Å². The first kappa shape index (κ1) is 22.5. The van der Waals surface area contributed by atoms with Crippen LogP contribution in [0.2, 0.25) is 0 Å². The molecule has 2 aromatic rings. The molecule has 0 saturated carbocycles. The molecule has 29 heavy (non-hydrogen) atoms. The Morgan fingerprint density at radius 3 is 2.00 bits per heavy atom. The van der Waals surface area contributed by atoms with Crippen LogP contribution in [0.4, 0.5) is 4.79 Å². The Labute approximate surface area is 173 Å². The van der Waals surface area contributed by atoms with E-state index in [1.165, 1.54) is 0 Å². The molecular weight excluding hydrogens is 366 g/mol. The predicted octanol–water partition coefficient (Wildman–Crippen LogP) is 5.29. The van der Waals surface area contributed by atoms with Gasteiger partial charge in [-0.25, -0.2) is 4.79 Å². The molecule has 0 aromatic heterocycles. The number of rotatable bonds is 7. The number of carboxylic acids is 1. The minimum atomic E-state index is -0.969. The maximum absolute atomic E-state index is 12.3. The molecule has 0 bridgehead atoms. The second kappa shape index (κ2) is 9.12. The van der Waals surface area contributed by atoms with Crippen molar-refractivity contribution >= 4 is 12.1 Å². The third kappa shape index (κ3) is 7.26. The average Bonchev–Trinajstić information content (AvgIpc) is 2.61. The summed E-state index contributed by atoms with van der Waals surface area (Å²) in [5.74, 6) is -0.895. The molecule has 0 unspecified atom stereocenters. The number of carboxylic acid groups (broad SMARTS) is 1. The maximum Gasteiger partial charge on any atom is 0.407 e. The van der Waals surface area contributed by atoms with Gasteiger partial charge in [0.15, 0.2) is 0 Å². The van der Waals surface area contributed by atoms with E-state index in [4.69, 9.17) is 4.74 Å². The van der Waals surface area contributed by atoms with Crippen LogP contribution in [0.15, 0.2) is 54.6 Å². The summed E-state index contributed by atoms with van der Waals surface area (Å²) in [6.45, 7) is 8.72. The van der Waals surface area contributed by atoms with Crippen molar-refractivity contribution in [3.05, 3.63) is 60.2 Å². The topological polar surface area (TPSA) is 75.6 Å². The fourth-order valence-electron chi connectivity index (χ4n) is 3.10. The van der Waals surface area contributed by atoms with Gasteiger partial charge in [-0.3, -0.25) is 4.79 Å². The molecule has 0 saturated heterocycles. The molecular formula is C24H31NO4. The lowest BCUT2D eigenvalue weighted by molar-refractivity contribution is -0.147. The van der Waals surface area contributed by atoms with Gasteiger partial charge in [-0.05, 0) is 64.2 Å². The number of nitrogens with one attached hydrogen (secondary N) is 1. The summed E-state index contributed by atoms with van der Waals surface area (Å²) in [6, 6.07) is 17.8. The van der Waals surface area contributed by atoms with Crippen molar-refractivity contribution in [2.45, 2.75) is 59.1 Å². The van der Waals surface area contributed by atoms with Gasteiger partial charge in [0.25, 0.3) is 0 Å². The van der Waals surface area contributed by atoms with Gasteiger partial charge in [-0.2, -0.15) is 0 Å².